The number of benzene rings is 1. The normalized spacial score (nSPS) is 17.2. The molecule has 2 aliphatic rings. The fourth-order valence-corrected chi connectivity index (χ4v) is 6.07. The molecule has 12 heteroatoms. The molecule has 0 saturated carbocycles. The van der Waals surface area contributed by atoms with Crippen molar-refractivity contribution in [2.24, 2.45) is 0 Å². The van der Waals surface area contributed by atoms with E-state index in [2.05, 4.69) is 32.0 Å². The number of nitrogens with one attached hydrogen (secondary N) is 1. The van der Waals surface area contributed by atoms with Gasteiger partial charge in [0.2, 0.25) is 0 Å². The Hall–Kier alpha value is -3.60. The maximum absolute atomic E-state index is 12.9. The van der Waals surface area contributed by atoms with Crippen molar-refractivity contribution in [3.05, 3.63) is 64.5 Å². The van der Waals surface area contributed by atoms with Crippen LogP contribution in [0.5, 0.6) is 5.75 Å². The minimum atomic E-state index is -0.371. The molecule has 41 heavy (non-hydrogen) atoms. The van der Waals surface area contributed by atoms with Gasteiger partial charge in [0.15, 0.2) is 0 Å². The van der Waals surface area contributed by atoms with Gasteiger partial charge in [-0.05, 0) is 44.3 Å². The summed E-state index contributed by atoms with van der Waals surface area (Å²) in [5.74, 6) is 1.56. The Labute approximate surface area is 248 Å². The van der Waals surface area contributed by atoms with Crippen LogP contribution in [0.2, 0.25) is 10.0 Å². The molecule has 6 rings (SSSR count). The molecule has 1 N–H and O–H groups in total. The van der Waals surface area contributed by atoms with Crippen molar-refractivity contribution in [2.45, 2.75) is 13.0 Å². The Balaban J connectivity index is 1.12. The van der Waals surface area contributed by atoms with Gasteiger partial charge in [0.05, 0.1) is 15.6 Å². The molecule has 2 amide bonds. The van der Waals surface area contributed by atoms with Gasteiger partial charge in [-0.25, -0.2) is 9.78 Å². The molecule has 1 aromatic carbocycles. The summed E-state index contributed by atoms with van der Waals surface area (Å²) in [4.78, 5) is 30.1. The minimum Gasteiger partial charge on any atom is -0.486 e. The number of carbonyl (C=O) groups is 1. The first-order valence-electron chi connectivity index (χ1n) is 13.7. The number of amides is 2. The molecule has 2 saturated heterocycles. The number of ether oxygens (including phenoxy) is 1. The van der Waals surface area contributed by atoms with Crippen molar-refractivity contribution in [3.63, 3.8) is 0 Å². The average Bonchev–Trinajstić information content (AvgIpc) is 3.41. The van der Waals surface area contributed by atoms with Gasteiger partial charge in [0.1, 0.15) is 23.4 Å². The molecule has 0 aliphatic carbocycles. The van der Waals surface area contributed by atoms with Crippen LogP contribution < -0.4 is 9.64 Å². The molecule has 10 nitrogen and oxygen atoms in total. The van der Waals surface area contributed by atoms with Gasteiger partial charge in [-0.1, -0.05) is 23.2 Å². The van der Waals surface area contributed by atoms with E-state index in [1.807, 2.05) is 53.3 Å². The van der Waals surface area contributed by atoms with Crippen LogP contribution in [0.1, 0.15) is 18.6 Å². The lowest BCUT2D eigenvalue weighted by Gasteiger charge is -2.40. The van der Waals surface area contributed by atoms with Crippen molar-refractivity contribution in [2.75, 3.05) is 64.3 Å². The third-order valence-electron chi connectivity index (χ3n) is 7.81. The Bertz CT molecular complexity index is 1510. The molecule has 214 valence electrons. The summed E-state index contributed by atoms with van der Waals surface area (Å²) in [5.41, 5.74) is 3.28. The van der Waals surface area contributed by atoms with Gasteiger partial charge in [0.25, 0.3) is 0 Å². The van der Waals surface area contributed by atoms with Crippen LogP contribution in [0.25, 0.3) is 22.2 Å². The molecule has 1 atom stereocenters. The lowest BCUT2D eigenvalue weighted by molar-refractivity contribution is 0.120. The van der Waals surface area contributed by atoms with E-state index in [-0.39, 0.29) is 12.1 Å². The number of aromatic amines is 1. The summed E-state index contributed by atoms with van der Waals surface area (Å²) in [5, 5.41) is 9.51. The molecule has 0 bridgehead atoms. The maximum Gasteiger partial charge on any atom is 0.320 e. The summed E-state index contributed by atoms with van der Waals surface area (Å²) in [6, 6.07) is 9.98. The number of urea groups is 1. The van der Waals surface area contributed by atoms with Crippen LogP contribution in [0.15, 0.2) is 48.9 Å². The number of hydrogen-bond donors (Lipinski definition) is 1. The van der Waals surface area contributed by atoms with E-state index in [1.165, 1.54) is 0 Å². The lowest BCUT2D eigenvalue weighted by atomic mass is 10.1. The number of carbonyl (C=O) groups excluding carboxylic acids is 1. The summed E-state index contributed by atoms with van der Waals surface area (Å²) in [6.07, 6.45) is 4.60. The standard InChI is InChI=1S/C29H32Cl2N8O2/c1-19(27-23(30)17-32-18-24(27)31)41-21-4-5-25-22(15-21)28(35-34-25)20-3-6-26(33-16-20)37-11-13-39(14-12-37)29(40)38-9-7-36(2)8-10-38/h3-6,15-19H,7-14H2,1-2H3,(H,34,35)/t19-/m1/s1. The number of H-pyrrole nitrogens is 1. The molecular formula is C29H32Cl2N8O2. The van der Waals surface area contributed by atoms with Gasteiger partial charge in [-0.3, -0.25) is 10.1 Å². The Morgan fingerprint density at radius 3 is 2.27 bits per heavy atom. The highest BCUT2D eigenvalue weighted by atomic mass is 35.5. The molecular weight excluding hydrogens is 563 g/mol. The number of rotatable bonds is 5. The smallest absolute Gasteiger partial charge is 0.320 e. The Morgan fingerprint density at radius 1 is 0.927 bits per heavy atom. The van der Waals surface area contributed by atoms with E-state index in [0.717, 1.165) is 67.2 Å². The van der Waals surface area contributed by atoms with Gasteiger partial charge in [0, 0.05) is 87.5 Å². The zero-order valence-electron chi connectivity index (χ0n) is 23.1. The van der Waals surface area contributed by atoms with Gasteiger partial charge >= 0.3 is 6.03 Å². The number of hydrogen-bond acceptors (Lipinski definition) is 7. The monoisotopic (exact) mass is 594 g/mol. The second kappa shape index (κ2) is 11.7. The number of pyridine rings is 2. The molecule has 2 fully saturated rings. The fraction of sp³-hybridized carbons (Fsp3) is 0.379. The van der Waals surface area contributed by atoms with Crippen LogP contribution in [0.4, 0.5) is 10.6 Å². The van der Waals surface area contributed by atoms with Crippen LogP contribution in [0.3, 0.4) is 0 Å². The van der Waals surface area contributed by atoms with E-state index < -0.39 is 0 Å². The molecule has 0 unspecified atom stereocenters. The molecule has 5 heterocycles. The Kier molecular flexibility index (Phi) is 7.88. The number of aromatic nitrogens is 4. The summed E-state index contributed by atoms with van der Waals surface area (Å²) < 4.78 is 6.20. The first kappa shape index (κ1) is 27.6. The third-order valence-corrected chi connectivity index (χ3v) is 8.42. The summed E-state index contributed by atoms with van der Waals surface area (Å²) in [7, 11) is 2.10. The third kappa shape index (κ3) is 5.77. The SMILES string of the molecule is C[C@@H](Oc1ccc2[nH]nc(-c3ccc(N4CCN(C(=O)N5CCN(C)CC5)CC4)nc3)c2c1)c1c(Cl)cncc1Cl. The van der Waals surface area contributed by atoms with Crippen LogP contribution >= 0.6 is 23.2 Å². The van der Waals surface area contributed by atoms with Crippen molar-refractivity contribution < 1.29 is 9.53 Å². The Morgan fingerprint density at radius 2 is 1.61 bits per heavy atom. The predicted octanol–water partition coefficient (Wildman–Crippen LogP) is 4.96. The van der Waals surface area contributed by atoms with Crippen molar-refractivity contribution in [3.8, 4) is 17.0 Å². The molecule has 0 radical (unpaired) electrons. The van der Waals surface area contributed by atoms with Crippen molar-refractivity contribution in [1.29, 1.82) is 0 Å². The first-order valence-corrected chi connectivity index (χ1v) is 14.5. The summed E-state index contributed by atoms with van der Waals surface area (Å²) in [6.45, 7) is 8.22. The van der Waals surface area contributed by atoms with E-state index in [0.29, 0.717) is 34.4 Å². The maximum atomic E-state index is 12.9. The van der Waals surface area contributed by atoms with Crippen LogP contribution in [-0.2, 0) is 0 Å². The van der Waals surface area contributed by atoms with E-state index >= 15 is 0 Å². The number of likely N-dealkylation sites (N-methyl/N-ethyl adjacent to an activating group) is 1. The molecule has 3 aromatic heterocycles. The number of anilines is 1. The lowest BCUT2D eigenvalue weighted by Crippen LogP contribution is -2.56. The minimum absolute atomic E-state index is 0.149. The fourth-order valence-electron chi connectivity index (χ4n) is 5.40. The highest BCUT2D eigenvalue weighted by molar-refractivity contribution is 6.35. The average molecular weight is 596 g/mol. The summed E-state index contributed by atoms with van der Waals surface area (Å²) >= 11 is 12.7. The topological polar surface area (TPSA) is 93.7 Å². The van der Waals surface area contributed by atoms with Crippen molar-refractivity contribution in [1.82, 2.24) is 34.9 Å². The van der Waals surface area contributed by atoms with Crippen LogP contribution in [-0.4, -0.2) is 100 Å². The van der Waals surface area contributed by atoms with Gasteiger partial charge < -0.3 is 24.3 Å². The quantitative estimate of drug-likeness (QED) is 0.349. The zero-order chi connectivity index (χ0) is 28.5. The predicted molar refractivity (Wildman–Crippen MR) is 161 cm³/mol. The number of piperazine rings is 2. The van der Waals surface area contributed by atoms with E-state index in [1.54, 1.807) is 12.4 Å². The van der Waals surface area contributed by atoms with E-state index in [9.17, 15) is 4.79 Å². The second-order valence-electron chi connectivity index (χ2n) is 10.5. The molecule has 0 spiro atoms. The highest BCUT2D eigenvalue weighted by Gasteiger charge is 2.27. The number of fused-ring (bicyclic) bond motifs is 1. The van der Waals surface area contributed by atoms with Gasteiger partial charge in [-0.2, -0.15) is 5.10 Å². The van der Waals surface area contributed by atoms with Gasteiger partial charge in [-0.15, -0.1) is 0 Å². The number of halogens is 2. The highest BCUT2D eigenvalue weighted by Crippen LogP contribution is 2.35. The molecule has 4 aromatic rings. The largest absolute Gasteiger partial charge is 0.486 e. The van der Waals surface area contributed by atoms with Crippen molar-refractivity contribution >= 4 is 46.0 Å². The number of nitrogens with zero attached hydrogens (tertiary/aromatic N) is 7. The molecule has 2 aliphatic heterocycles. The second-order valence-corrected chi connectivity index (χ2v) is 11.3. The van der Waals surface area contributed by atoms with E-state index in [4.69, 9.17) is 32.9 Å². The zero-order valence-corrected chi connectivity index (χ0v) is 24.6. The first-order chi connectivity index (χ1) is 19.9. The van der Waals surface area contributed by atoms with Crippen LogP contribution in [0, 0.1) is 0 Å².